The minimum Gasteiger partial charge on any atom is -0.489 e. The van der Waals surface area contributed by atoms with E-state index in [-0.39, 0.29) is 6.10 Å². The Morgan fingerprint density at radius 3 is 2.47 bits per heavy atom. The second kappa shape index (κ2) is 7.33. The van der Waals surface area contributed by atoms with Crippen LogP contribution in [0, 0.1) is 5.92 Å². The van der Waals surface area contributed by atoms with Gasteiger partial charge in [0, 0.05) is 6.54 Å². The van der Waals surface area contributed by atoms with E-state index in [0.717, 1.165) is 25.3 Å². The molecule has 17 heavy (non-hydrogen) atoms. The van der Waals surface area contributed by atoms with Crippen molar-refractivity contribution in [3.8, 4) is 5.75 Å². The molecule has 0 spiro atoms. The van der Waals surface area contributed by atoms with E-state index in [1.165, 1.54) is 5.56 Å². The van der Waals surface area contributed by atoms with Crippen molar-refractivity contribution in [1.82, 2.24) is 5.32 Å². The van der Waals surface area contributed by atoms with Crippen LogP contribution in [0.1, 0.15) is 33.3 Å². The van der Waals surface area contributed by atoms with Gasteiger partial charge >= 0.3 is 0 Å². The third-order valence-corrected chi connectivity index (χ3v) is 2.97. The first-order valence-corrected chi connectivity index (χ1v) is 6.64. The van der Waals surface area contributed by atoms with Crippen molar-refractivity contribution in [3.63, 3.8) is 0 Å². The number of ether oxygens (including phenoxy) is 1. The Balaban J connectivity index is 2.71. The molecule has 1 aromatic carbocycles. The molecule has 0 aliphatic heterocycles. The molecule has 2 nitrogen and oxygen atoms in total. The number of benzene rings is 1. The second-order valence-electron chi connectivity index (χ2n) is 4.67. The lowest BCUT2D eigenvalue weighted by Gasteiger charge is -2.24. The molecule has 0 heterocycles. The number of nitrogens with one attached hydrogen (secondary N) is 1. The summed E-state index contributed by atoms with van der Waals surface area (Å²) in [5.74, 6) is 1.55. The predicted octanol–water partition coefficient (Wildman–Crippen LogP) is 3.26. The summed E-state index contributed by atoms with van der Waals surface area (Å²) in [6.45, 7) is 10.6. The molecule has 2 heteroatoms. The van der Waals surface area contributed by atoms with Crippen molar-refractivity contribution in [2.24, 2.45) is 5.92 Å². The largest absolute Gasteiger partial charge is 0.489 e. The standard InChI is InChI=1S/C15H25NO/c1-5-13-9-7-8-10-14(13)17-15(12(3)4)11-16-6-2/h7-10,12,15-16H,5-6,11H2,1-4H3. The van der Waals surface area contributed by atoms with Crippen molar-refractivity contribution in [2.45, 2.75) is 40.2 Å². The molecule has 1 rings (SSSR count). The average Bonchev–Trinajstić information content (AvgIpc) is 2.34. The highest BCUT2D eigenvalue weighted by Crippen LogP contribution is 2.21. The molecule has 1 N–H and O–H groups in total. The van der Waals surface area contributed by atoms with Crippen LogP contribution < -0.4 is 10.1 Å². The first kappa shape index (κ1) is 14.0. The van der Waals surface area contributed by atoms with E-state index in [1.54, 1.807) is 0 Å². The highest BCUT2D eigenvalue weighted by atomic mass is 16.5. The maximum atomic E-state index is 6.14. The van der Waals surface area contributed by atoms with Crippen LogP contribution in [-0.2, 0) is 6.42 Å². The summed E-state index contributed by atoms with van der Waals surface area (Å²) in [7, 11) is 0. The topological polar surface area (TPSA) is 21.3 Å². The van der Waals surface area contributed by atoms with Crippen LogP contribution in [-0.4, -0.2) is 19.2 Å². The molecule has 0 saturated heterocycles. The van der Waals surface area contributed by atoms with Crippen LogP contribution in [0.4, 0.5) is 0 Å². The van der Waals surface area contributed by atoms with Crippen LogP contribution in [0.15, 0.2) is 24.3 Å². The first-order valence-electron chi connectivity index (χ1n) is 6.64. The Morgan fingerprint density at radius 2 is 1.88 bits per heavy atom. The number of para-hydroxylation sites is 1. The Kier molecular flexibility index (Phi) is 6.06. The summed E-state index contributed by atoms with van der Waals surface area (Å²) < 4.78 is 6.14. The molecule has 1 unspecified atom stereocenters. The van der Waals surface area contributed by atoms with Gasteiger partial charge in [0.1, 0.15) is 11.9 Å². The van der Waals surface area contributed by atoms with E-state index in [9.17, 15) is 0 Å². The van der Waals surface area contributed by atoms with E-state index in [1.807, 2.05) is 6.07 Å². The quantitative estimate of drug-likeness (QED) is 0.783. The molecule has 0 fully saturated rings. The fourth-order valence-corrected chi connectivity index (χ4v) is 1.77. The lowest BCUT2D eigenvalue weighted by molar-refractivity contribution is 0.148. The summed E-state index contributed by atoms with van der Waals surface area (Å²) >= 11 is 0. The molecule has 0 amide bonds. The molecule has 0 aliphatic carbocycles. The average molecular weight is 235 g/mol. The van der Waals surface area contributed by atoms with Gasteiger partial charge in [0.15, 0.2) is 0 Å². The Labute approximate surface area is 105 Å². The van der Waals surface area contributed by atoms with Crippen LogP contribution in [0.3, 0.4) is 0 Å². The monoisotopic (exact) mass is 235 g/mol. The fraction of sp³-hybridized carbons (Fsp3) is 0.600. The SMILES string of the molecule is CCNCC(Oc1ccccc1CC)C(C)C. The van der Waals surface area contributed by atoms with Gasteiger partial charge in [0.2, 0.25) is 0 Å². The van der Waals surface area contributed by atoms with Gasteiger partial charge in [-0.3, -0.25) is 0 Å². The van der Waals surface area contributed by atoms with Crippen LogP contribution in [0.5, 0.6) is 5.75 Å². The summed E-state index contributed by atoms with van der Waals surface area (Å²) in [4.78, 5) is 0. The molecule has 1 aromatic rings. The van der Waals surface area contributed by atoms with E-state index in [4.69, 9.17) is 4.74 Å². The zero-order valence-electron chi connectivity index (χ0n) is 11.5. The van der Waals surface area contributed by atoms with Gasteiger partial charge in [0.05, 0.1) is 0 Å². The highest BCUT2D eigenvalue weighted by molar-refractivity contribution is 5.33. The Bertz CT molecular complexity index is 322. The summed E-state index contributed by atoms with van der Waals surface area (Å²) in [5.41, 5.74) is 1.29. The van der Waals surface area contributed by atoms with Gasteiger partial charge in [-0.05, 0) is 30.5 Å². The van der Waals surface area contributed by atoms with Gasteiger partial charge in [0.25, 0.3) is 0 Å². The number of hydrogen-bond acceptors (Lipinski definition) is 2. The van der Waals surface area contributed by atoms with Crippen LogP contribution in [0.25, 0.3) is 0 Å². The van der Waals surface area contributed by atoms with Crippen molar-refractivity contribution < 1.29 is 4.74 Å². The third-order valence-electron chi connectivity index (χ3n) is 2.97. The molecular formula is C15H25NO. The second-order valence-corrected chi connectivity index (χ2v) is 4.67. The van der Waals surface area contributed by atoms with Crippen LogP contribution in [0.2, 0.25) is 0 Å². The Morgan fingerprint density at radius 1 is 1.18 bits per heavy atom. The molecule has 96 valence electrons. The summed E-state index contributed by atoms with van der Waals surface area (Å²) in [6.07, 6.45) is 1.25. The molecular weight excluding hydrogens is 210 g/mol. The number of likely N-dealkylation sites (N-methyl/N-ethyl adjacent to an activating group) is 1. The zero-order chi connectivity index (χ0) is 12.7. The number of aryl methyl sites for hydroxylation is 1. The number of hydrogen-bond donors (Lipinski definition) is 1. The maximum absolute atomic E-state index is 6.14. The molecule has 0 radical (unpaired) electrons. The smallest absolute Gasteiger partial charge is 0.122 e. The molecule has 1 atom stereocenters. The first-order chi connectivity index (χ1) is 8.19. The minimum atomic E-state index is 0.239. The summed E-state index contributed by atoms with van der Waals surface area (Å²) in [6, 6.07) is 8.32. The molecule has 0 saturated carbocycles. The van der Waals surface area contributed by atoms with Crippen LogP contribution >= 0.6 is 0 Å². The van der Waals surface area contributed by atoms with Crippen molar-refractivity contribution in [3.05, 3.63) is 29.8 Å². The maximum Gasteiger partial charge on any atom is 0.122 e. The molecule has 0 aliphatic rings. The minimum absolute atomic E-state index is 0.239. The fourth-order valence-electron chi connectivity index (χ4n) is 1.77. The normalized spacial score (nSPS) is 12.8. The van der Waals surface area contributed by atoms with E-state index < -0.39 is 0 Å². The van der Waals surface area contributed by atoms with Crippen molar-refractivity contribution in [2.75, 3.05) is 13.1 Å². The molecule has 0 aromatic heterocycles. The lowest BCUT2D eigenvalue weighted by Crippen LogP contribution is -2.35. The van der Waals surface area contributed by atoms with Gasteiger partial charge < -0.3 is 10.1 Å². The van der Waals surface area contributed by atoms with E-state index in [2.05, 4.69) is 51.2 Å². The van der Waals surface area contributed by atoms with Crippen molar-refractivity contribution >= 4 is 0 Å². The van der Waals surface area contributed by atoms with E-state index >= 15 is 0 Å². The highest BCUT2D eigenvalue weighted by Gasteiger charge is 2.15. The predicted molar refractivity (Wildman–Crippen MR) is 73.6 cm³/mol. The summed E-state index contributed by atoms with van der Waals surface area (Å²) in [5, 5.41) is 3.36. The van der Waals surface area contributed by atoms with Crippen molar-refractivity contribution in [1.29, 1.82) is 0 Å². The zero-order valence-corrected chi connectivity index (χ0v) is 11.5. The van der Waals surface area contributed by atoms with Gasteiger partial charge in [-0.1, -0.05) is 45.9 Å². The van der Waals surface area contributed by atoms with E-state index in [0.29, 0.717) is 5.92 Å². The van der Waals surface area contributed by atoms with Gasteiger partial charge in [-0.25, -0.2) is 0 Å². The molecule has 0 bridgehead atoms. The van der Waals surface area contributed by atoms with Gasteiger partial charge in [-0.2, -0.15) is 0 Å². The number of rotatable bonds is 7. The lowest BCUT2D eigenvalue weighted by atomic mass is 10.1. The van der Waals surface area contributed by atoms with Gasteiger partial charge in [-0.15, -0.1) is 0 Å². The third kappa shape index (κ3) is 4.39. The Hall–Kier alpha value is -1.02.